The number of likely N-dealkylation sites (tertiary alicyclic amines) is 1. The molecule has 2 N–H and O–H groups in total. The van der Waals surface area contributed by atoms with Crippen LogP contribution in [0.15, 0.2) is 24.3 Å². The van der Waals surface area contributed by atoms with Crippen LogP contribution in [-0.2, 0) is 4.79 Å². The highest BCUT2D eigenvalue weighted by Gasteiger charge is 2.23. The van der Waals surface area contributed by atoms with Crippen LogP contribution in [0.3, 0.4) is 0 Å². The second-order valence-electron chi connectivity index (χ2n) is 7.34. The number of rotatable bonds is 8. The Labute approximate surface area is 166 Å². The predicted octanol–water partition coefficient (Wildman–Crippen LogP) is 2.23. The number of carboxylic acids is 1. The molecule has 1 unspecified atom stereocenters. The predicted molar refractivity (Wildman–Crippen MR) is 107 cm³/mol. The lowest BCUT2D eigenvalue weighted by Crippen LogP contribution is -2.42. The molecule has 1 aliphatic rings. The molecular formula is C20H31FN4O3. The van der Waals surface area contributed by atoms with E-state index in [4.69, 9.17) is 5.11 Å². The number of amides is 2. The topological polar surface area (TPSA) is 76.1 Å². The second kappa shape index (κ2) is 10.8. The number of anilines is 1. The molecule has 0 aliphatic carbocycles. The number of hydrogen-bond acceptors (Lipinski definition) is 4. The number of carbonyl (C=O) groups is 2. The molecule has 7 nitrogen and oxygen atoms in total. The van der Waals surface area contributed by atoms with Crippen molar-refractivity contribution in [3.63, 3.8) is 0 Å². The number of likely N-dealkylation sites (N-methyl/N-ethyl adjacent to an activating group) is 1. The highest BCUT2D eigenvalue weighted by molar-refractivity contribution is 5.74. The molecule has 1 fully saturated rings. The summed E-state index contributed by atoms with van der Waals surface area (Å²) in [6, 6.07) is 6.74. The third-order valence-electron chi connectivity index (χ3n) is 5.20. The van der Waals surface area contributed by atoms with E-state index in [1.807, 2.05) is 23.9 Å². The average Bonchev–Trinajstić information content (AvgIpc) is 2.91. The van der Waals surface area contributed by atoms with E-state index in [9.17, 15) is 14.0 Å². The van der Waals surface area contributed by atoms with Gasteiger partial charge in [0.2, 0.25) is 0 Å². The number of hydrogen-bond donors (Lipinski definition) is 2. The van der Waals surface area contributed by atoms with Crippen LogP contribution in [-0.4, -0.2) is 79.8 Å². The molecule has 8 heteroatoms. The van der Waals surface area contributed by atoms with E-state index in [1.54, 1.807) is 23.1 Å². The quantitative estimate of drug-likeness (QED) is 0.662. The first-order valence-electron chi connectivity index (χ1n) is 9.79. The third kappa shape index (κ3) is 6.67. The molecule has 2 rings (SSSR count). The standard InChI is InChI=1S/C20H31FN4O3/c1-23(18-9-4-3-8-17(18)21)12-6-11-22-20(28)25-13-5-7-16(10-14-25)24(2)15-19(26)27/h3-4,8-9,16H,5-7,10-15H2,1-2H3,(H,22,28)(H,26,27). The Bertz CT molecular complexity index is 658. The first-order chi connectivity index (χ1) is 13.4. The fourth-order valence-corrected chi connectivity index (χ4v) is 3.57. The molecule has 1 aromatic carbocycles. The first kappa shape index (κ1) is 21.9. The molecule has 1 saturated heterocycles. The molecule has 1 heterocycles. The van der Waals surface area contributed by atoms with Gasteiger partial charge in [0, 0.05) is 39.3 Å². The van der Waals surface area contributed by atoms with Crippen molar-refractivity contribution in [2.75, 3.05) is 51.7 Å². The number of carboxylic acid groups (broad SMARTS) is 1. The Hall–Kier alpha value is -2.35. The van der Waals surface area contributed by atoms with Gasteiger partial charge in [-0.25, -0.2) is 9.18 Å². The molecule has 0 aromatic heterocycles. The third-order valence-corrected chi connectivity index (χ3v) is 5.20. The van der Waals surface area contributed by atoms with Crippen molar-refractivity contribution >= 4 is 17.7 Å². The van der Waals surface area contributed by atoms with E-state index in [-0.39, 0.29) is 24.4 Å². The first-order valence-corrected chi connectivity index (χ1v) is 9.79. The smallest absolute Gasteiger partial charge is 0.317 e. The molecule has 0 spiro atoms. The molecule has 0 saturated carbocycles. The molecule has 0 radical (unpaired) electrons. The van der Waals surface area contributed by atoms with Crippen LogP contribution in [0.1, 0.15) is 25.7 Å². The van der Waals surface area contributed by atoms with Crippen molar-refractivity contribution < 1.29 is 19.1 Å². The van der Waals surface area contributed by atoms with E-state index >= 15 is 0 Å². The minimum atomic E-state index is -0.832. The summed E-state index contributed by atoms with van der Waals surface area (Å²) in [7, 11) is 3.66. The molecule has 1 aromatic rings. The second-order valence-corrected chi connectivity index (χ2v) is 7.34. The molecule has 2 amide bonds. The van der Waals surface area contributed by atoms with Crippen molar-refractivity contribution in [1.29, 1.82) is 0 Å². The van der Waals surface area contributed by atoms with Crippen molar-refractivity contribution in [3.05, 3.63) is 30.1 Å². The fraction of sp³-hybridized carbons (Fsp3) is 0.600. The lowest BCUT2D eigenvalue weighted by atomic mass is 10.1. The number of urea groups is 1. The van der Waals surface area contributed by atoms with E-state index in [1.165, 1.54) is 6.07 Å². The highest BCUT2D eigenvalue weighted by atomic mass is 19.1. The summed E-state index contributed by atoms with van der Waals surface area (Å²) < 4.78 is 13.8. The van der Waals surface area contributed by atoms with E-state index in [2.05, 4.69) is 5.32 Å². The Balaban J connectivity index is 1.70. The molecule has 1 aliphatic heterocycles. The van der Waals surface area contributed by atoms with Crippen molar-refractivity contribution in [3.8, 4) is 0 Å². The van der Waals surface area contributed by atoms with Crippen molar-refractivity contribution in [1.82, 2.24) is 15.1 Å². The summed E-state index contributed by atoms with van der Waals surface area (Å²) in [6.07, 6.45) is 3.24. The van der Waals surface area contributed by atoms with Gasteiger partial charge in [0.05, 0.1) is 12.2 Å². The number of nitrogens with zero attached hydrogens (tertiary/aromatic N) is 3. The number of aliphatic carboxylic acids is 1. The van der Waals surface area contributed by atoms with Gasteiger partial charge < -0.3 is 20.2 Å². The van der Waals surface area contributed by atoms with Gasteiger partial charge in [-0.2, -0.15) is 0 Å². The monoisotopic (exact) mass is 394 g/mol. The largest absolute Gasteiger partial charge is 0.480 e. The summed E-state index contributed by atoms with van der Waals surface area (Å²) in [5.74, 6) is -1.08. The lowest BCUT2D eigenvalue weighted by Gasteiger charge is -2.25. The molecule has 28 heavy (non-hydrogen) atoms. The van der Waals surface area contributed by atoms with Crippen LogP contribution < -0.4 is 10.2 Å². The van der Waals surface area contributed by atoms with Gasteiger partial charge >= 0.3 is 12.0 Å². The van der Waals surface area contributed by atoms with Gasteiger partial charge in [0.1, 0.15) is 5.82 Å². The average molecular weight is 394 g/mol. The maximum Gasteiger partial charge on any atom is 0.317 e. The summed E-state index contributed by atoms with van der Waals surface area (Å²) in [5, 5.41) is 11.9. The number of benzene rings is 1. The number of carbonyl (C=O) groups excluding carboxylic acids is 1. The van der Waals surface area contributed by atoms with Crippen LogP contribution >= 0.6 is 0 Å². The highest BCUT2D eigenvalue weighted by Crippen LogP contribution is 2.17. The van der Waals surface area contributed by atoms with Gasteiger partial charge in [-0.1, -0.05) is 12.1 Å². The Kier molecular flexibility index (Phi) is 8.50. The zero-order valence-electron chi connectivity index (χ0n) is 16.7. The van der Waals surface area contributed by atoms with E-state index < -0.39 is 5.97 Å². The molecule has 156 valence electrons. The number of nitrogens with one attached hydrogen (secondary N) is 1. The molecule has 0 bridgehead atoms. The van der Waals surface area contributed by atoms with Gasteiger partial charge in [-0.3, -0.25) is 9.69 Å². The van der Waals surface area contributed by atoms with Gasteiger partial charge in [-0.05, 0) is 44.9 Å². The fourth-order valence-electron chi connectivity index (χ4n) is 3.57. The number of halogens is 1. The van der Waals surface area contributed by atoms with Crippen LogP contribution in [0.2, 0.25) is 0 Å². The Morgan fingerprint density at radius 2 is 2.00 bits per heavy atom. The summed E-state index contributed by atoms with van der Waals surface area (Å²) >= 11 is 0. The minimum Gasteiger partial charge on any atom is -0.480 e. The Morgan fingerprint density at radius 1 is 1.25 bits per heavy atom. The Morgan fingerprint density at radius 3 is 2.71 bits per heavy atom. The minimum absolute atomic E-state index is 0.0202. The molecular weight excluding hydrogens is 363 g/mol. The molecule has 1 atom stereocenters. The SMILES string of the molecule is CN(CCCNC(=O)N1CCCC(N(C)CC(=O)O)CC1)c1ccccc1F. The zero-order valence-corrected chi connectivity index (χ0v) is 16.7. The lowest BCUT2D eigenvalue weighted by molar-refractivity contribution is -0.138. The van der Waals surface area contributed by atoms with Crippen molar-refractivity contribution in [2.24, 2.45) is 0 Å². The maximum atomic E-state index is 13.8. The summed E-state index contributed by atoms with van der Waals surface area (Å²) in [5.41, 5.74) is 0.554. The van der Waals surface area contributed by atoms with Gasteiger partial charge in [0.15, 0.2) is 0 Å². The van der Waals surface area contributed by atoms with Crippen LogP contribution in [0.25, 0.3) is 0 Å². The summed E-state index contributed by atoms with van der Waals surface area (Å²) in [6.45, 7) is 2.49. The van der Waals surface area contributed by atoms with E-state index in [0.29, 0.717) is 38.3 Å². The van der Waals surface area contributed by atoms with Gasteiger partial charge in [0.25, 0.3) is 0 Å². The maximum absolute atomic E-state index is 13.8. The van der Waals surface area contributed by atoms with Crippen LogP contribution in [0, 0.1) is 5.82 Å². The van der Waals surface area contributed by atoms with Crippen LogP contribution in [0.5, 0.6) is 0 Å². The summed E-state index contributed by atoms with van der Waals surface area (Å²) in [4.78, 5) is 28.8. The van der Waals surface area contributed by atoms with Gasteiger partial charge in [-0.15, -0.1) is 0 Å². The number of para-hydroxylation sites is 1. The van der Waals surface area contributed by atoms with Crippen molar-refractivity contribution in [2.45, 2.75) is 31.7 Å². The normalized spacial score (nSPS) is 17.3. The zero-order chi connectivity index (χ0) is 20.5. The van der Waals surface area contributed by atoms with E-state index in [0.717, 1.165) is 19.3 Å². The van der Waals surface area contributed by atoms with Crippen LogP contribution in [0.4, 0.5) is 14.9 Å².